The van der Waals surface area contributed by atoms with Crippen molar-refractivity contribution >= 4 is 5.91 Å². The Hall–Kier alpha value is -1.01. The van der Waals surface area contributed by atoms with E-state index in [2.05, 4.69) is 12.8 Å². The molecule has 13 heavy (non-hydrogen) atoms. The number of rotatable bonds is 6. The third-order valence-corrected chi connectivity index (χ3v) is 1.76. The maximum Gasteiger partial charge on any atom is 0.234 e. The lowest BCUT2D eigenvalue weighted by molar-refractivity contribution is -0.130. The van der Waals surface area contributed by atoms with Crippen LogP contribution in [-0.2, 0) is 4.79 Å². The number of terminal acetylenes is 1. The molecule has 0 aliphatic carbocycles. The quantitative estimate of drug-likeness (QED) is 0.614. The molecular weight excluding hydrogens is 166 g/mol. The highest BCUT2D eigenvalue weighted by molar-refractivity contribution is 5.78. The summed E-state index contributed by atoms with van der Waals surface area (Å²) in [6.45, 7) is 3.14. The van der Waals surface area contributed by atoms with Gasteiger partial charge in [-0.2, -0.15) is 0 Å². The van der Waals surface area contributed by atoms with Gasteiger partial charge in [0.25, 0.3) is 0 Å². The topological polar surface area (TPSA) is 40.5 Å². The Morgan fingerprint density at radius 1 is 1.54 bits per heavy atom. The number of amides is 1. The number of aliphatic hydroxyl groups is 1. The second kappa shape index (κ2) is 7.63. The summed E-state index contributed by atoms with van der Waals surface area (Å²) in [4.78, 5) is 12.9. The first-order chi connectivity index (χ1) is 6.26. The molecule has 0 saturated carbocycles. The van der Waals surface area contributed by atoms with Crippen LogP contribution < -0.4 is 0 Å². The first kappa shape index (κ1) is 12.0. The van der Waals surface area contributed by atoms with Crippen molar-refractivity contribution in [3.8, 4) is 12.3 Å². The van der Waals surface area contributed by atoms with Crippen LogP contribution >= 0.6 is 0 Å². The average Bonchev–Trinajstić information content (AvgIpc) is 2.12. The standard InChI is InChI=1S/C10H17NO2/c1-3-5-7-11(8-9-12)10(13)6-4-2/h2,12H,3,5-9H2,1H3. The van der Waals surface area contributed by atoms with Crippen molar-refractivity contribution in [2.45, 2.75) is 26.2 Å². The summed E-state index contributed by atoms with van der Waals surface area (Å²) in [5.41, 5.74) is 0. The first-order valence-electron chi connectivity index (χ1n) is 4.58. The molecule has 0 aliphatic heterocycles. The van der Waals surface area contributed by atoms with E-state index in [1.807, 2.05) is 0 Å². The zero-order chi connectivity index (χ0) is 10.1. The van der Waals surface area contributed by atoms with Crippen LogP contribution in [-0.4, -0.2) is 35.6 Å². The van der Waals surface area contributed by atoms with Gasteiger partial charge in [0.15, 0.2) is 0 Å². The van der Waals surface area contributed by atoms with Gasteiger partial charge in [-0.05, 0) is 6.42 Å². The number of unbranched alkanes of at least 4 members (excludes halogenated alkanes) is 1. The van der Waals surface area contributed by atoms with E-state index in [0.717, 1.165) is 12.8 Å². The normalized spacial score (nSPS) is 9.31. The van der Waals surface area contributed by atoms with Crippen LogP contribution in [0.25, 0.3) is 0 Å². The first-order valence-corrected chi connectivity index (χ1v) is 4.58. The maximum absolute atomic E-state index is 11.3. The van der Waals surface area contributed by atoms with Crippen molar-refractivity contribution in [3.63, 3.8) is 0 Å². The zero-order valence-electron chi connectivity index (χ0n) is 8.12. The molecule has 0 aliphatic rings. The molecule has 0 bridgehead atoms. The highest BCUT2D eigenvalue weighted by Gasteiger charge is 2.09. The molecule has 0 atom stereocenters. The Labute approximate surface area is 79.7 Å². The molecule has 3 heteroatoms. The Balaban J connectivity index is 3.92. The SMILES string of the molecule is C#CCC(=O)N(CCO)CCCC. The van der Waals surface area contributed by atoms with E-state index in [1.54, 1.807) is 4.90 Å². The van der Waals surface area contributed by atoms with E-state index in [0.29, 0.717) is 13.1 Å². The fourth-order valence-corrected chi connectivity index (χ4v) is 1.03. The Morgan fingerprint density at radius 3 is 2.69 bits per heavy atom. The average molecular weight is 183 g/mol. The third-order valence-electron chi connectivity index (χ3n) is 1.76. The third kappa shape index (κ3) is 5.26. The minimum absolute atomic E-state index is 0.0000255. The van der Waals surface area contributed by atoms with Crippen LogP contribution in [0.2, 0.25) is 0 Å². The molecule has 0 aromatic heterocycles. The fraction of sp³-hybridized carbons (Fsp3) is 0.700. The van der Waals surface area contributed by atoms with E-state index in [4.69, 9.17) is 11.5 Å². The van der Waals surface area contributed by atoms with Crippen LogP contribution in [0, 0.1) is 12.3 Å². The van der Waals surface area contributed by atoms with Crippen LogP contribution in [0.5, 0.6) is 0 Å². The lowest BCUT2D eigenvalue weighted by Crippen LogP contribution is -2.34. The second-order valence-electron chi connectivity index (χ2n) is 2.84. The van der Waals surface area contributed by atoms with Crippen LogP contribution in [0.3, 0.4) is 0 Å². The molecule has 0 aromatic rings. The number of aliphatic hydroxyl groups excluding tert-OH is 1. The Bertz CT molecular complexity index is 184. The van der Waals surface area contributed by atoms with Gasteiger partial charge in [0.05, 0.1) is 13.0 Å². The minimum atomic E-state index is -0.0648. The summed E-state index contributed by atoms with van der Waals surface area (Å²) in [7, 11) is 0. The van der Waals surface area contributed by atoms with Gasteiger partial charge in [0.2, 0.25) is 5.91 Å². The number of nitrogens with zero attached hydrogens (tertiary/aromatic N) is 1. The van der Waals surface area contributed by atoms with E-state index >= 15 is 0 Å². The van der Waals surface area contributed by atoms with Gasteiger partial charge in [-0.3, -0.25) is 4.79 Å². The molecule has 0 unspecified atom stereocenters. The van der Waals surface area contributed by atoms with Gasteiger partial charge >= 0.3 is 0 Å². The molecule has 1 amide bonds. The monoisotopic (exact) mass is 183 g/mol. The lowest BCUT2D eigenvalue weighted by atomic mass is 10.3. The molecule has 0 aromatic carbocycles. The Morgan fingerprint density at radius 2 is 2.23 bits per heavy atom. The maximum atomic E-state index is 11.3. The molecule has 74 valence electrons. The molecular formula is C10H17NO2. The summed E-state index contributed by atoms with van der Waals surface area (Å²) in [6, 6.07) is 0. The largest absolute Gasteiger partial charge is 0.395 e. The lowest BCUT2D eigenvalue weighted by Gasteiger charge is -2.20. The number of hydrogen-bond acceptors (Lipinski definition) is 2. The van der Waals surface area contributed by atoms with Crippen molar-refractivity contribution in [2.75, 3.05) is 19.7 Å². The minimum Gasteiger partial charge on any atom is -0.395 e. The van der Waals surface area contributed by atoms with Gasteiger partial charge in [-0.15, -0.1) is 6.42 Å². The summed E-state index contributed by atoms with van der Waals surface area (Å²) in [5, 5.41) is 8.71. The van der Waals surface area contributed by atoms with Gasteiger partial charge in [-0.25, -0.2) is 0 Å². The molecule has 0 heterocycles. The molecule has 0 fully saturated rings. The van der Waals surface area contributed by atoms with Crippen molar-refractivity contribution in [2.24, 2.45) is 0 Å². The van der Waals surface area contributed by atoms with Crippen molar-refractivity contribution < 1.29 is 9.90 Å². The predicted molar refractivity (Wildman–Crippen MR) is 52.0 cm³/mol. The van der Waals surface area contributed by atoms with E-state index < -0.39 is 0 Å². The summed E-state index contributed by atoms with van der Waals surface area (Å²) in [5.74, 6) is 2.25. The summed E-state index contributed by atoms with van der Waals surface area (Å²) >= 11 is 0. The van der Waals surface area contributed by atoms with E-state index in [1.165, 1.54) is 0 Å². The van der Waals surface area contributed by atoms with Gasteiger partial charge in [-0.1, -0.05) is 19.3 Å². The van der Waals surface area contributed by atoms with E-state index in [9.17, 15) is 4.79 Å². The van der Waals surface area contributed by atoms with Crippen molar-refractivity contribution in [1.29, 1.82) is 0 Å². The van der Waals surface area contributed by atoms with Crippen molar-refractivity contribution in [3.05, 3.63) is 0 Å². The summed E-state index contributed by atoms with van der Waals surface area (Å²) < 4.78 is 0. The second-order valence-corrected chi connectivity index (χ2v) is 2.84. The van der Waals surface area contributed by atoms with Gasteiger partial charge in [0, 0.05) is 13.1 Å². The van der Waals surface area contributed by atoms with Crippen LogP contribution in [0.15, 0.2) is 0 Å². The van der Waals surface area contributed by atoms with Gasteiger partial charge in [0.1, 0.15) is 0 Å². The van der Waals surface area contributed by atoms with E-state index in [-0.39, 0.29) is 18.9 Å². The molecule has 3 nitrogen and oxygen atoms in total. The molecule has 0 rings (SSSR count). The smallest absolute Gasteiger partial charge is 0.234 e. The molecule has 0 spiro atoms. The van der Waals surface area contributed by atoms with Crippen molar-refractivity contribution in [1.82, 2.24) is 4.90 Å². The highest BCUT2D eigenvalue weighted by Crippen LogP contribution is 1.97. The molecule has 0 radical (unpaired) electrons. The zero-order valence-corrected chi connectivity index (χ0v) is 8.12. The Kier molecular flexibility index (Phi) is 7.04. The molecule has 1 N–H and O–H groups in total. The van der Waals surface area contributed by atoms with Gasteiger partial charge < -0.3 is 10.0 Å². The number of carbonyl (C=O) groups excluding carboxylic acids is 1. The predicted octanol–water partition coefficient (Wildman–Crippen LogP) is 0.631. The highest BCUT2D eigenvalue weighted by atomic mass is 16.3. The number of carbonyl (C=O) groups is 1. The summed E-state index contributed by atoms with van der Waals surface area (Å²) in [6.07, 6.45) is 7.15. The number of hydrogen-bond donors (Lipinski definition) is 1. The molecule has 0 saturated heterocycles. The van der Waals surface area contributed by atoms with Crippen LogP contribution in [0.4, 0.5) is 0 Å². The fourth-order valence-electron chi connectivity index (χ4n) is 1.03. The van der Waals surface area contributed by atoms with Crippen LogP contribution in [0.1, 0.15) is 26.2 Å².